The van der Waals surface area contributed by atoms with E-state index in [4.69, 9.17) is 9.98 Å². The lowest BCUT2D eigenvalue weighted by molar-refractivity contribution is -0.138. The van der Waals surface area contributed by atoms with Crippen molar-refractivity contribution < 1.29 is 14.3 Å². The van der Waals surface area contributed by atoms with Crippen molar-refractivity contribution in [1.29, 1.82) is 0 Å². The van der Waals surface area contributed by atoms with E-state index in [1.54, 1.807) is 13.8 Å². The molecule has 3 aliphatic rings. The Morgan fingerprint density at radius 1 is 1.16 bits per heavy atom. The number of thioether (sulfide) groups is 1. The Morgan fingerprint density at radius 3 is 2.68 bits per heavy atom. The van der Waals surface area contributed by atoms with E-state index in [9.17, 15) is 14.3 Å². The number of nitrogens with one attached hydrogen (secondary N) is 3. The molecule has 0 radical (unpaired) electrons. The number of carboxylic acids is 1. The molecule has 2 aromatic carbocycles. The van der Waals surface area contributed by atoms with Crippen LogP contribution < -0.4 is 16.1 Å². The number of guanidine groups is 1. The molecule has 0 aromatic heterocycles. The van der Waals surface area contributed by atoms with Crippen LogP contribution in [-0.4, -0.2) is 76.5 Å². The molecule has 0 spiro atoms. The zero-order valence-corrected chi connectivity index (χ0v) is 26.9. The van der Waals surface area contributed by atoms with Crippen LogP contribution in [0.2, 0.25) is 0 Å². The lowest BCUT2D eigenvalue weighted by atomic mass is 9.96. The largest absolute Gasteiger partial charge is 0.480 e. The van der Waals surface area contributed by atoms with Gasteiger partial charge in [0.2, 0.25) is 5.96 Å². The first-order valence-corrected chi connectivity index (χ1v) is 16.7. The molecule has 2 fully saturated rings. The number of hydrazine groups is 1. The second kappa shape index (κ2) is 14.9. The lowest BCUT2D eigenvalue weighted by Gasteiger charge is -2.40. The molecule has 0 amide bonds. The van der Waals surface area contributed by atoms with Crippen LogP contribution in [0.5, 0.6) is 0 Å². The summed E-state index contributed by atoms with van der Waals surface area (Å²) in [7, 11) is 0. The maximum absolute atomic E-state index is 13.7. The van der Waals surface area contributed by atoms with E-state index < -0.39 is 10.7 Å². The topological polar surface area (TPSA) is 105 Å². The second-order valence-electron chi connectivity index (χ2n) is 12.4. The van der Waals surface area contributed by atoms with E-state index in [1.165, 1.54) is 48.7 Å². The van der Waals surface area contributed by atoms with Crippen LogP contribution in [0.25, 0.3) is 0 Å². The highest BCUT2D eigenvalue weighted by Gasteiger charge is 2.31. The molecule has 9 nitrogen and oxygen atoms in total. The molecule has 1 saturated carbocycles. The molecule has 1 aliphatic carbocycles. The number of aryl methyl sites for hydroxylation is 1. The predicted octanol–water partition coefficient (Wildman–Crippen LogP) is 5.08. The van der Waals surface area contributed by atoms with Crippen molar-refractivity contribution in [2.45, 2.75) is 93.7 Å². The summed E-state index contributed by atoms with van der Waals surface area (Å²) in [6, 6.07) is 13.3. The number of nitrogens with zero attached hydrogens (tertiary/aromatic N) is 4. The van der Waals surface area contributed by atoms with Crippen molar-refractivity contribution in [1.82, 2.24) is 26.0 Å². The summed E-state index contributed by atoms with van der Waals surface area (Å²) in [6.07, 6.45) is 9.37. The van der Waals surface area contributed by atoms with Crippen LogP contribution in [0, 0.1) is 12.7 Å². The van der Waals surface area contributed by atoms with Crippen LogP contribution in [0.4, 0.5) is 4.39 Å². The van der Waals surface area contributed by atoms with Crippen molar-refractivity contribution in [2.75, 3.05) is 26.2 Å². The molecule has 2 aliphatic heterocycles. The van der Waals surface area contributed by atoms with Crippen molar-refractivity contribution in [3.05, 3.63) is 65.0 Å². The average Bonchev–Trinajstić information content (AvgIpc) is 3.02. The number of hydrogen-bond donors (Lipinski definition) is 4. The van der Waals surface area contributed by atoms with Gasteiger partial charge in [-0.1, -0.05) is 43.5 Å². The fraction of sp³-hybridized carbons (Fsp3) is 0.545. The number of aliphatic carboxylic acids is 1. The molecule has 5 rings (SSSR count). The monoisotopic (exact) mass is 623 g/mol. The lowest BCUT2D eigenvalue weighted by Crippen LogP contribution is -2.58. The molecule has 238 valence electrons. The second-order valence-corrected chi connectivity index (χ2v) is 14.1. The van der Waals surface area contributed by atoms with Crippen molar-refractivity contribution in [3.63, 3.8) is 0 Å². The number of benzene rings is 2. The van der Waals surface area contributed by atoms with Gasteiger partial charge in [0, 0.05) is 30.6 Å². The quantitative estimate of drug-likeness (QED) is 0.203. The first-order chi connectivity index (χ1) is 21.2. The third kappa shape index (κ3) is 8.18. The maximum atomic E-state index is 13.7. The van der Waals surface area contributed by atoms with Gasteiger partial charge in [-0.2, -0.15) is 0 Å². The van der Waals surface area contributed by atoms with E-state index >= 15 is 0 Å². The standard InChI is InChI=1S/C33H46FN7O2S/c1-23-24(9-7-13-29(23)44-33(2,3)30(42)43)10-8-18-36-32-38-31(37-22-41(32)39-27-11-5-4-6-12-27)40-20-19-35-21-28(40)25-14-16-26(34)17-15-25/h7,9,13-17,22,27-28,32,35-36,39H,4-6,8,10-12,18-21H2,1-3H3,(H,42,43). The fourth-order valence-electron chi connectivity index (χ4n) is 6.02. The van der Waals surface area contributed by atoms with Gasteiger partial charge in [-0.3, -0.25) is 15.1 Å². The van der Waals surface area contributed by atoms with E-state index in [1.807, 2.05) is 35.6 Å². The molecule has 11 heteroatoms. The maximum Gasteiger partial charge on any atom is 0.319 e. The summed E-state index contributed by atoms with van der Waals surface area (Å²) in [5, 5.41) is 18.7. The third-order valence-corrected chi connectivity index (χ3v) is 10.1. The van der Waals surface area contributed by atoms with E-state index in [0.717, 1.165) is 67.9 Å². The van der Waals surface area contributed by atoms with Crippen LogP contribution >= 0.6 is 11.8 Å². The Hall–Kier alpha value is -2.99. The number of carboxylic acid groups (broad SMARTS) is 1. The summed E-state index contributed by atoms with van der Waals surface area (Å²) in [4.78, 5) is 24.8. The Labute approximate surface area is 264 Å². The Kier molecular flexibility index (Phi) is 10.9. The van der Waals surface area contributed by atoms with Crippen LogP contribution in [-0.2, 0) is 11.2 Å². The molecular weight excluding hydrogens is 577 g/mol. The highest BCUT2D eigenvalue weighted by atomic mass is 32.2. The van der Waals surface area contributed by atoms with Crippen molar-refractivity contribution in [2.24, 2.45) is 9.98 Å². The summed E-state index contributed by atoms with van der Waals surface area (Å²) in [5.41, 5.74) is 7.08. The Balaban J connectivity index is 1.27. The molecular formula is C33H46FN7O2S. The SMILES string of the molecule is Cc1c(CCCNC2N=C(N3CCNCC3c3ccc(F)cc3)N=CN2NC2CCCCC2)cccc1SC(C)(C)C(=O)O. The number of halogens is 1. The van der Waals surface area contributed by atoms with Gasteiger partial charge in [0.1, 0.15) is 16.9 Å². The molecule has 2 heterocycles. The van der Waals surface area contributed by atoms with Gasteiger partial charge < -0.3 is 15.3 Å². The zero-order chi connectivity index (χ0) is 31.1. The third-order valence-electron chi connectivity index (χ3n) is 8.72. The van der Waals surface area contributed by atoms with Gasteiger partial charge in [-0.15, -0.1) is 11.8 Å². The molecule has 4 N–H and O–H groups in total. The molecule has 2 aromatic rings. The van der Waals surface area contributed by atoms with Gasteiger partial charge in [-0.05, 0) is 87.9 Å². The number of piperazine rings is 1. The summed E-state index contributed by atoms with van der Waals surface area (Å²) >= 11 is 1.40. The minimum Gasteiger partial charge on any atom is -0.480 e. The first-order valence-electron chi connectivity index (χ1n) is 15.8. The molecule has 2 atom stereocenters. The average molecular weight is 624 g/mol. The van der Waals surface area contributed by atoms with Gasteiger partial charge >= 0.3 is 5.97 Å². The van der Waals surface area contributed by atoms with Crippen molar-refractivity contribution in [3.8, 4) is 0 Å². The molecule has 44 heavy (non-hydrogen) atoms. The molecule has 2 unspecified atom stereocenters. The zero-order valence-electron chi connectivity index (χ0n) is 26.1. The fourth-order valence-corrected chi connectivity index (χ4v) is 7.08. The highest BCUT2D eigenvalue weighted by molar-refractivity contribution is 8.01. The predicted molar refractivity (Wildman–Crippen MR) is 175 cm³/mol. The Morgan fingerprint density at radius 2 is 1.93 bits per heavy atom. The summed E-state index contributed by atoms with van der Waals surface area (Å²) in [6.45, 7) is 8.64. The van der Waals surface area contributed by atoms with E-state index in [-0.39, 0.29) is 18.1 Å². The van der Waals surface area contributed by atoms with Gasteiger partial charge in [0.25, 0.3) is 0 Å². The van der Waals surface area contributed by atoms with Crippen LogP contribution in [0.15, 0.2) is 57.3 Å². The van der Waals surface area contributed by atoms with E-state index in [0.29, 0.717) is 12.0 Å². The van der Waals surface area contributed by atoms with Crippen LogP contribution in [0.3, 0.4) is 0 Å². The number of aliphatic imine (C=N–C) groups is 2. The first kappa shape index (κ1) is 32.4. The van der Waals surface area contributed by atoms with Gasteiger partial charge in [0.15, 0.2) is 6.29 Å². The number of rotatable bonds is 11. The highest BCUT2D eigenvalue weighted by Crippen LogP contribution is 2.36. The smallest absolute Gasteiger partial charge is 0.319 e. The van der Waals surface area contributed by atoms with E-state index in [2.05, 4.69) is 33.9 Å². The number of carbonyl (C=O) groups is 1. The number of hydrogen-bond acceptors (Lipinski definition) is 9. The van der Waals surface area contributed by atoms with Crippen LogP contribution in [0.1, 0.15) is 75.1 Å². The minimum absolute atomic E-state index is 0.0120. The normalized spacial score (nSPS) is 21.4. The summed E-state index contributed by atoms with van der Waals surface area (Å²) < 4.78 is 12.8. The molecule has 1 saturated heterocycles. The van der Waals surface area contributed by atoms with Crippen molar-refractivity contribution >= 4 is 30.0 Å². The molecule has 0 bridgehead atoms. The van der Waals surface area contributed by atoms with Gasteiger partial charge in [-0.25, -0.2) is 19.8 Å². The summed E-state index contributed by atoms with van der Waals surface area (Å²) in [5.74, 6) is -0.374. The van der Waals surface area contributed by atoms with Gasteiger partial charge in [0.05, 0.1) is 6.04 Å². The minimum atomic E-state index is -0.891. The Bertz CT molecular complexity index is 1330.